The van der Waals surface area contributed by atoms with E-state index >= 15 is 0 Å². The normalized spacial score (nSPS) is 12.4. The highest BCUT2D eigenvalue weighted by Crippen LogP contribution is 2.20. The number of nitriles is 1. The molecule has 0 saturated heterocycles. The summed E-state index contributed by atoms with van der Waals surface area (Å²) in [6.07, 6.45) is 0.825. The van der Waals surface area contributed by atoms with Crippen LogP contribution in [0, 0.1) is 11.3 Å². The van der Waals surface area contributed by atoms with E-state index in [1.807, 2.05) is 31.2 Å². The largest absolute Gasteiger partial charge is 0.333 e. The quantitative estimate of drug-likeness (QED) is 0.783. The lowest BCUT2D eigenvalue weighted by Gasteiger charge is -2.07. The molecular weight excluding hydrogens is 244 g/mol. The molecule has 5 heteroatoms. The molecule has 1 aromatic heterocycles. The van der Waals surface area contributed by atoms with Gasteiger partial charge in [-0.3, -0.25) is 0 Å². The van der Waals surface area contributed by atoms with Gasteiger partial charge in [0, 0.05) is 5.75 Å². The number of aromatic nitrogens is 2. The number of rotatable bonds is 6. The third-order valence-corrected chi connectivity index (χ3v) is 3.53. The van der Waals surface area contributed by atoms with Crippen molar-refractivity contribution in [1.82, 2.24) is 15.3 Å². The summed E-state index contributed by atoms with van der Waals surface area (Å²) in [5, 5.41) is 13.0. The predicted octanol–water partition coefficient (Wildman–Crippen LogP) is 2.55. The first-order chi connectivity index (χ1) is 8.83. The summed E-state index contributed by atoms with van der Waals surface area (Å²) in [7, 11) is 0. The molecule has 0 spiro atoms. The molecule has 94 valence electrons. The van der Waals surface area contributed by atoms with Crippen LogP contribution in [0.2, 0.25) is 0 Å². The second-order valence-electron chi connectivity index (χ2n) is 3.94. The molecule has 2 N–H and O–H groups in total. The number of fused-ring (bicyclic) bond motifs is 1. The lowest BCUT2D eigenvalue weighted by Crippen LogP contribution is -2.27. The molecule has 0 aliphatic heterocycles. The number of H-pyrrole nitrogens is 1. The first-order valence-electron chi connectivity index (χ1n) is 6.04. The van der Waals surface area contributed by atoms with Gasteiger partial charge < -0.3 is 10.3 Å². The van der Waals surface area contributed by atoms with Crippen LogP contribution >= 0.6 is 11.8 Å². The molecule has 0 bridgehead atoms. The Labute approximate surface area is 111 Å². The number of para-hydroxylation sites is 2. The van der Waals surface area contributed by atoms with Gasteiger partial charge in [0.15, 0.2) is 5.16 Å². The molecule has 2 rings (SSSR count). The van der Waals surface area contributed by atoms with Gasteiger partial charge in [-0.2, -0.15) is 5.26 Å². The topological polar surface area (TPSA) is 64.5 Å². The highest BCUT2D eigenvalue weighted by molar-refractivity contribution is 7.99. The number of nitrogens with one attached hydrogen (secondary N) is 2. The van der Waals surface area contributed by atoms with Crippen molar-refractivity contribution in [2.75, 3.05) is 12.3 Å². The fraction of sp³-hybridized carbons (Fsp3) is 0.385. The van der Waals surface area contributed by atoms with Crippen molar-refractivity contribution < 1.29 is 0 Å². The van der Waals surface area contributed by atoms with E-state index in [2.05, 4.69) is 21.4 Å². The Bertz CT molecular complexity index is 510. The van der Waals surface area contributed by atoms with E-state index < -0.39 is 0 Å². The molecule has 0 saturated carbocycles. The van der Waals surface area contributed by atoms with Crippen molar-refractivity contribution in [2.24, 2.45) is 0 Å². The minimum atomic E-state index is -0.0631. The number of hydrogen-bond donors (Lipinski definition) is 2. The first-order valence-corrected chi connectivity index (χ1v) is 7.02. The molecule has 1 heterocycles. The van der Waals surface area contributed by atoms with Crippen molar-refractivity contribution in [3.8, 4) is 6.07 Å². The second kappa shape index (κ2) is 6.43. The smallest absolute Gasteiger partial charge is 0.166 e. The Hall–Kier alpha value is -1.51. The summed E-state index contributed by atoms with van der Waals surface area (Å²) in [6.45, 7) is 2.84. The Morgan fingerprint density at radius 1 is 1.50 bits per heavy atom. The average Bonchev–Trinajstić information content (AvgIpc) is 2.80. The van der Waals surface area contributed by atoms with E-state index in [4.69, 9.17) is 5.26 Å². The monoisotopic (exact) mass is 260 g/mol. The van der Waals surface area contributed by atoms with Gasteiger partial charge in [-0.05, 0) is 25.1 Å². The Morgan fingerprint density at radius 2 is 2.33 bits per heavy atom. The second-order valence-corrected chi connectivity index (χ2v) is 5.02. The summed E-state index contributed by atoms with van der Waals surface area (Å²) >= 11 is 1.66. The molecule has 18 heavy (non-hydrogen) atoms. The minimum Gasteiger partial charge on any atom is -0.333 e. The molecule has 1 unspecified atom stereocenters. The summed E-state index contributed by atoms with van der Waals surface area (Å²) in [5.41, 5.74) is 2.05. The lowest BCUT2D eigenvalue weighted by atomic mass is 10.2. The van der Waals surface area contributed by atoms with Gasteiger partial charge in [0.1, 0.15) is 0 Å². The molecule has 1 atom stereocenters. The third-order valence-electron chi connectivity index (χ3n) is 2.62. The SMILES string of the molecule is CCNC(C#N)CCSc1nc2ccccc2[nH]1. The van der Waals surface area contributed by atoms with Gasteiger partial charge in [0.05, 0.1) is 23.1 Å². The van der Waals surface area contributed by atoms with Crippen LogP contribution in [0.5, 0.6) is 0 Å². The maximum Gasteiger partial charge on any atom is 0.166 e. The highest BCUT2D eigenvalue weighted by Gasteiger charge is 2.07. The maximum atomic E-state index is 8.92. The van der Waals surface area contributed by atoms with Gasteiger partial charge >= 0.3 is 0 Å². The number of nitrogens with zero attached hydrogens (tertiary/aromatic N) is 2. The zero-order valence-electron chi connectivity index (χ0n) is 10.3. The molecule has 0 aliphatic carbocycles. The average molecular weight is 260 g/mol. The number of imidazole rings is 1. The first kappa shape index (κ1) is 12.9. The fourth-order valence-corrected chi connectivity index (χ4v) is 2.62. The Kier molecular flexibility index (Phi) is 4.62. The van der Waals surface area contributed by atoms with Crippen LogP contribution in [0.15, 0.2) is 29.4 Å². The van der Waals surface area contributed by atoms with Crippen molar-refractivity contribution in [3.05, 3.63) is 24.3 Å². The molecular formula is C13H16N4S. The van der Waals surface area contributed by atoms with Crippen molar-refractivity contribution in [3.63, 3.8) is 0 Å². The molecule has 0 aliphatic rings. The van der Waals surface area contributed by atoms with E-state index in [0.717, 1.165) is 34.9 Å². The van der Waals surface area contributed by atoms with Crippen molar-refractivity contribution in [2.45, 2.75) is 24.5 Å². The van der Waals surface area contributed by atoms with Gasteiger partial charge in [0.2, 0.25) is 0 Å². The Morgan fingerprint density at radius 3 is 3.06 bits per heavy atom. The fourth-order valence-electron chi connectivity index (χ4n) is 1.73. The van der Waals surface area contributed by atoms with E-state index in [-0.39, 0.29) is 6.04 Å². The summed E-state index contributed by atoms with van der Waals surface area (Å²) in [5.74, 6) is 0.880. The number of hydrogen-bond acceptors (Lipinski definition) is 4. The van der Waals surface area contributed by atoms with Crippen LogP contribution in [-0.2, 0) is 0 Å². The predicted molar refractivity (Wildman–Crippen MR) is 74.5 cm³/mol. The minimum absolute atomic E-state index is 0.0631. The number of benzene rings is 1. The zero-order valence-corrected chi connectivity index (χ0v) is 11.1. The van der Waals surface area contributed by atoms with Gasteiger partial charge in [-0.25, -0.2) is 4.98 Å². The van der Waals surface area contributed by atoms with Crippen molar-refractivity contribution >= 4 is 22.8 Å². The summed E-state index contributed by atoms with van der Waals surface area (Å²) in [6, 6.07) is 10.2. The molecule has 0 radical (unpaired) electrons. The number of aromatic amines is 1. The van der Waals surface area contributed by atoms with Crippen LogP contribution in [0.4, 0.5) is 0 Å². The van der Waals surface area contributed by atoms with Crippen LogP contribution in [0.25, 0.3) is 11.0 Å². The van der Waals surface area contributed by atoms with E-state index in [1.165, 1.54) is 0 Å². The van der Waals surface area contributed by atoms with Crippen LogP contribution < -0.4 is 5.32 Å². The molecule has 4 nitrogen and oxygen atoms in total. The zero-order chi connectivity index (χ0) is 12.8. The van der Waals surface area contributed by atoms with E-state index in [1.54, 1.807) is 11.8 Å². The molecule has 0 amide bonds. The molecule has 0 fully saturated rings. The third kappa shape index (κ3) is 3.25. The summed E-state index contributed by atoms with van der Waals surface area (Å²) in [4.78, 5) is 7.75. The van der Waals surface area contributed by atoms with Gasteiger partial charge in [-0.15, -0.1) is 0 Å². The standard InChI is InChI=1S/C13H16N4S/c1-2-15-10(9-14)7-8-18-13-16-11-5-3-4-6-12(11)17-13/h3-6,10,15H,2,7-8H2,1H3,(H,16,17). The van der Waals surface area contributed by atoms with Gasteiger partial charge in [0.25, 0.3) is 0 Å². The Balaban J connectivity index is 1.88. The van der Waals surface area contributed by atoms with Crippen LogP contribution in [-0.4, -0.2) is 28.3 Å². The van der Waals surface area contributed by atoms with E-state index in [9.17, 15) is 0 Å². The van der Waals surface area contributed by atoms with Crippen LogP contribution in [0.1, 0.15) is 13.3 Å². The summed E-state index contributed by atoms with van der Waals surface area (Å²) < 4.78 is 0. The molecule has 2 aromatic rings. The van der Waals surface area contributed by atoms with Crippen molar-refractivity contribution in [1.29, 1.82) is 5.26 Å². The lowest BCUT2D eigenvalue weighted by molar-refractivity contribution is 0.612. The maximum absolute atomic E-state index is 8.92. The van der Waals surface area contributed by atoms with Crippen LogP contribution in [0.3, 0.4) is 0 Å². The molecule has 1 aromatic carbocycles. The van der Waals surface area contributed by atoms with Gasteiger partial charge in [-0.1, -0.05) is 30.8 Å². The highest BCUT2D eigenvalue weighted by atomic mass is 32.2. The van der Waals surface area contributed by atoms with E-state index in [0.29, 0.717) is 0 Å². The number of thioether (sulfide) groups is 1.